The van der Waals surface area contributed by atoms with Gasteiger partial charge >= 0.3 is 0 Å². The van der Waals surface area contributed by atoms with Crippen LogP contribution in [0.15, 0.2) is 24.3 Å². The van der Waals surface area contributed by atoms with E-state index in [0.29, 0.717) is 6.61 Å². The van der Waals surface area contributed by atoms with Crippen LogP contribution in [0.1, 0.15) is 19.3 Å². The van der Waals surface area contributed by atoms with E-state index in [0.717, 1.165) is 38.1 Å². The lowest BCUT2D eigenvalue weighted by molar-refractivity contribution is -0.0205. The van der Waals surface area contributed by atoms with Crippen LogP contribution in [-0.4, -0.2) is 31.4 Å². The Morgan fingerprint density at radius 3 is 2.67 bits per heavy atom. The minimum absolute atomic E-state index is 0.00987. The molecule has 3 rings (SSSR count). The Kier molecular flexibility index (Phi) is 3.22. The highest BCUT2D eigenvalue weighted by Gasteiger charge is 2.42. The molecule has 4 heteroatoms. The molecule has 0 saturated carbocycles. The van der Waals surface area contributed by atoms with E-state index < -0.39 is 0 Å². The zero-order valence-electron chi connectivity index (χ0n) is 10.3. The Bertz CT molecular complexity index is 401. The third-order valence-corrected chi connectivity index (χ3v) is 3.81. The van der Waals surface area contributed by atoms with Crippen molar-refractivity contribution >= 4 is 0 Å². The van der Waals surface area contributed by atoms with Crippen molar-refractivity contribution in [2.45, 2.75) is 31.0 Å². The molecule has 3 nitrogen and oxygen atoms in total. The highest BCUT2D eigenvalue weighted by Crippen LogP contribution is 2.35. The minimum atomic E-state index is -0.236. The zero-order valence-corrected chi connectivity index (χ0v) is 10.3. The lowest BCUT2D eigenvalue weighted by Crippen LogP contribution is -2.41. The van der Waals surface area contributed by atoms with Crippen molar-refractivity contribution in [3.05, 3.63) is 30.1 Å². The summed E-state index contributed by atoms with van der Waals surface area (Å²) >= 11 is 0. The van der Waals surface area contributed by atoms with E-state index in [1.807, 2.05) is 0 Å². The molecular formula is C14H18FNO2. The summed E-state index contributed by atoms with van der Waals surface area (Å²) in [6.45, 7) is 2.67. The normalized spacial score (nSPS) is 26.4. The monoisotopic (exact) mass is 251 g/mol. The number of halogens is 1. The molecule has 2 aliphatic rings. The molecule has 1 spiro atoms. The molecule has 0 radical (unpaired) electrons. The van der Waals surface area contributed by atoms with Gasteiger partial charge in [-0.3, -0.25) is 0 Å². The third-order valence-electron chi connectivity index (χ3n) is 3.81. The van der Waals surface area contributed by atoms with Crippen molar-refractivity contribution < 1.29 is 13.9 Å². The van der Waals surface area contributed by atoms with E-state index in [9.17, 15) is 4.39 Å². The maximum absolute atomic E-state index is 12.8. The molecule has 2 saturated heterocycles. The summed E-state index contributed by atoms with van der Waals surface area (Å²) in [4.78, 5) is 0. The Labute approximate surface area is 106 Å². The van der Waals surface area contributed by atoms with Crippen molar-refractivity contribution in [1.29, 1.82) is 0 Å². The van der Waals surface area contributed by atoms with Gasteiger partial charge in [0.25, 0.3) is 0 Å². The molecule has 98 valence electrons. The number of nitrogens with one attached hydrogen (secondary N) is 1. The Balaban J connectivity index is 1.60. The van der Waals surface area contributed by atoms with Crippen molar-refractivity contribution in [2.75, 3.05) is 19.7 Å². The number of benzene rings is 1. The quantitative estimate of drug-likeness (QED) is 0.873. The van der Waals surface area contributed by atoms with Gasteiger partial charge in [0.05, 0.1) is 12.2 Å². The molecule has 0 amide bonds. The summed E-state index contributed by atoms with van der Waals surface area (Å²) in [5.41, 5.74) is 0.00987. The fraction of sp³-hybridized carbons (Fsp3) is 0.571. The lowest BCUT2D eigenvalue weighted by atomic mass is 9.89. The van der Waals surface area contributed by atoms with Gasteiger partial charge in [-0.05, 0) is 50.2 Å². The molecule has 0 unspecified atom stereocenters. The molecule has 0 bridgehead atoms. The first-order valence-corrected chi connectivity index (χ1v) is 6.53. The fourth-order valence-corrected chi connectivity index (χ4v) is 2.81. The molecule has 2 heterocycles. The smallest absolute Gasteiger partial charge is 0.125 e. The first-order valence-electron chi connectivity index (χ1n) is 6.53. The number of hydrogen-bond donors (Lipinski definition) is 1. The number of rotatable bonds is 2. The van der Waals surface area contributed by atoms with Gasteiger partial charge in [-0.1, -0.05) is 0 Å². The van der Waals surface area contributed by atoms with Gasteiger partial charge in [-0.2, -0.15) is 0 Å². The second-order valence-corrected chi connectivity index (χ2v) is 5.14. The van der Waals surface area contributed by atoms with Gasteiger partial charge in [0.15, 0.2) is 0 Å². The molecule has 0 aromatic heterocycles. The van der Waals surface area contributed by atoms with Crippen LogP contribution in [0.3, 0.4) is 0 Å². The van der Waals surface area contributed by atoms with E-state index in [1.54, 1.807) is 12.1 Å². The Morgan fingerprint density at radius 2 is 1.94 bits per heavy atom. The number of piperidine rings is 1. The van der Waals surface area contributed by atoms with Crippen LogP contribution in [0.4, 0.5) is 4.39 Å². The summed E-state index contributed by atoms with van der Waals surface area (Å²) in [5.74, 6) is 0.482. The van der Waals surface area contributed by atoms with E-state index >= 15 is 0 Å². The second kappa shape index (κ2) is 4.86. The first kappa shape index (κ1) is 11.9. The highest BCUT2D eigenvalue weighted by atomic mass is 19.1. The zero-order chi connectivity index (χ0) is 12.4. The fourth-order valence-electron chi connectivity index (χ4n) is 2.81. The average molecular weight is 251 g/mol. The molecule has 2 aliphatic heterocycles. The molecule has 1 aromatic carbocycles. The molecule has 2 fully saturated rings. The summed E-state index contributed by atoms with van der Waals surface area (Å²) in [6, 6.07) is 6.18. The van der Waals surface area contributed by atoms with Crippen molar-refractivity contribution in [2.24, 2.45) is 0 Å². The van der Waals surface area contributed by atoms with Gasteiger partial charge in [0.1, 0.15) is 17.7 Å². The van der Waals surface area contributed by atoms with E-state index in [4.69, 9.17) is 9.47 Å². The summed E-state index contributed by atoms with van der Waals surface area (Å²) in [7, 11) is 0. The predicted molar refractivity (Wildman–Crippen MR) is 66.2 cm³/mol. The molecule has 0 aliphatic carbocycles. The predicted octanol–water partition coefficient (Wildman–Crippen LogP) is 2.12. The largest absolute Gasteiger partial charge is 0.488 e. The number of hydrogen-bond acceptors (Lipinski definition) is 3. The van der Waals surface area contributed by atoms with Crippen molar-refractivity contribution in [1.82, 2.24) is 5.32 Å². The topological polar surface area (TPSA) is 30.5 Å². The summed E-state index contributed by atoms with van der Waals surface area (Å²) in [5, 5.41) is 3.34. The SMILES string of the molecule is Fc1ccc(O[C@H]2COC3(CCNCC3)C2)cc1. The standard InChI is InChI=1S/C14H18FNO2/c15-11-1-3-12(4-2-11)18-13-9-14(17-10-13)5-7-16-8-6-14/h1-4,13,16H,5-10H2/t13-/m1/s1. The second-order valence-electron chi connectivity index (χ2n) is 5.14. The Hall–Kier alpha value is -1.13. The molecule has 1 N–H and O–H groups in total. The lowest BCUT2D eigenvalue weighted by Gasteiger charge is -2.32. The van der Waals surface area contributed by atoms with Crippen molar-refractivity contribution in [3.8, 4) is 5.75 Å². The van der Waals surface area contributed by atoms with Crippen LogP contribution in [0.25, 0.3) is 0 Å². The average Bonchev–Trinajstić information content (AvgIpc) is 2.76. The number of ether oxygens (including phenoxy) is 2. The molecule has 18 heavy (non-hydrogen) atoms. The van der Waals surface area contributed by atoms with Crippen LogP contribution in [0.2, 0.25) is 0 Å². The van der Waals surface area contributed by atoms with Crippen LogP contribution in [0.5, 0.6) is 5.75 Å². The first-order chi connectivity index (χ1) is 8.76. The van der Waals surface area contributed by atoms with Gasteiger partial charge in [0.2, 0.25) is 0 Å². The molecule has 1 atom stereocenters. The van der Waals surface area contributed by atoms with E-state index in [1.165, 1.54) is 12.1 Å². The Morgan fingerprint density at radius 1 is 1.22 bits per heavy atom. The summed E-state index contributed by atoms with van der Waals surface area (Å²) < 4.78 is 24.6. The van der Waals surface area contributed by atoms with Crippen LogP contribution < -0.4 is 10.1 Å². The minimum Gasteiger partial charge on any atom is -0.488 e. The van der Waals surface area contributed by atoms with Gasteiger partial charge < -0.3 is 14.8 Å². The maximum Gasteiger partial charge on any atom is 0.125 e. The van der Waals surface area contributed by atoms with Crippen LogP contribution in [0, 0.1) is 5.82 Å². The van der Waals surface area contributed by atoms with Gasteiger partial charge in [-0.25, -0.2) is 4.39 Å². The van der Waals surface area contributed by atoms with E-state index in [-0.39, 0.29) is 17.5 Å². The third kappa shape index (κ3) is 2.49. The van der Waals surface area contributed by atoms with Crippen LogP contribution >= 0.6 is 0 Å². The van der Waals surface area contributed by atoms with Crippen molar-refractivity contribution in [3.63, 3.8) is 0 Å². The van der Waals surface area contributed by atoms with E-state index in [2.05, 4.69) is 5.32 Å². The molecule has 1 aromatic rings. The van der Waals surface area contributed by atoms with Gasteiger partial charge in [-0.15, -0.1) is 0 Å². The van der Waals surface area contributed by atoms with Crippen LogP contribution in [-0.2, 0) is 4.74 Å². The molecular weight excluding hydrogens is 233 g/mol. The van der Waals surface area contributed by atoms with Gasteiger partial charge in [0, 0.05) is 6.42 Å². The highest BCUT2D eigenvalue weighted by molar-refractivity contribution is 5.22. The summed E-state index contributed by atoms with van der Waals surface area (Å²) in [6.07, 6.45) is 3.13. The maximum atomic E-state index is 12.8.